The maximum absolute atomic E-state index is 11.0. The molecule has 0 fully saturated rings. The molecule has 0 aliphatic rings. The third-order valence-corrected chi connectivity index (χ3v) is 2.86. The topological polar surface area (TPSA) is 38.7 Å². The molecule has 1 rings (SSSR count). The zero-order valence-electron chi connectivity index (χ0n) is 9.19. The van der Waals surface area contributed by atoms with E-state index in [1.807, 2.05) is 26.0 Å². The highest BCUT2D eigenvalue weighted by Gasteiger charge is 2.02. The largest absolute Gasteiger partial charge is 0.393 e. The van der Waals surface area contributed by atoms with Gasteiger partial charge in [0.2, 0.25) is 0 Å². The first-order valence-electron chi connectivity index (χ1n) is 4.87. The van der Waals surface area contributed by atoms with Crippen LogP contribution in [-0.4, -0.2) is 18.1 Å². The molecule has 0 aliphatic heterocycles. The Bertz CT molecular complexity index is 355. The fourth-order valence-corrected chi connectivity index (χ4v) is 1.83. The van der Waals surface area contributed by atoms with E-state index in [0.29, 0.717) is 6.42 Å². The van der Waals surface area contributed by atoms with Crippen molar-refractivity contribution in [1.82, 2.24) is 0 Å². The molecule has 82 valence electrons. The predicted molar refractivity (Wildman–Crippen MR) is 62.7 cm³/mol. The van der Waals surface area contributed by atoms with Crippen LogP contribution in [0, 0.1) is 0 Å². The number of ketones is 1. The van der Waals surface area contributed by atoms with Crippen molar-refractivity contribution in [3.8, 4) is 0 Å². The highest BCUT2D eigenvalue weighted by atomic mass is 32.1. The van der Waals surface area contributed by atoms with Gasteiger partial charge in [0.05, 0.1) is 4.88 Å². The van der Waals surface area contributed by atoms with Crippen LogP contribution in [-0.2, 0) is 11.3 Å². The van der Waals surface area contributed by atoms with Crippen molar-refractivity contribution >= 4 is 23.3 Å². The first-order valence-corrected chi connectivity index (χ1v) is 5.68. The number of hydrogen-bond acceptors (Lipinski definition) is 4. The molecule has 0 atom stereocenters. The Morgan fingerprint density at radius 1 is 1.60 bits per heavy atom. The van der Waals surface area contributed by atoms with Crippen molar-refractivity contribution in [3.63, 3.8) is 0 Å². The standard InChI is InChI=1S/C11H15NO2S/c1-8(2)14-12-7-6-10-4-5-11(15-10)9(3)13/h4-5,7-8H,6H2,1-3H3. The molecule has 0 saturated heterocycles. The molecule has 0 unspecified atom stereocenters. The van der Waals surface area contributed by atoms with Gasteiger partial charge in [-0.3, -0.25) is 4.79 Å². The van der Waals surface area contributed by atoms with Crippen molar-refractivity contribution < 1.29 is 9.63 Å². The molecule has 15 heavy (non-hydrogen) atoms. The van der Waals surface area contributed by atoms with Gasteiger partial charge in [-0.05, 0) is 32.9 Å². The minimum atomic E-state index is 0.109. The summed E-state index contributed by atoms with van der Waals surface area (Å²) in [5, 5.41) is 3.82. The van der Waals surface area contributed by atoms with Crippen molar-refractivity contribution in [2.75, 3.05) is 0 Å². The van der Waals surface area contributed by atoms with Gasteiger partial charge in [-0.15, -0.1) is 11.3 Å². The van der Waals surface area contributed by atoms with Crippen LogP contribution in [0.25, 0.3) is 0 Å². The molecule has 0 N–H and O–H groups in total. The van der Waals surface area contributed by atoms with Crippen LogP contribution < -0.4 is 0 Å². The predicted octanol–water partition coefficient (Wildman–Crippen LogP) is 2.90. The van der Waals surface area contributed by atoms with Crippen LogP contribution in [0.1, 0.15) is 35.3 Å². The van der Waals surface area contributed by atoms with E-state index >= 15 is 0 Å². The second kappa shape index (κ2) is 5.66. The molecular weight excluding hydrogens is 210 g/mol. The summed E-state index contributed by atoms with van der Waals surface area (Å²) >= 11 is 1.50. The van der Waals surface area contributed by atoms with E-state index in [9.17, 15) is 4.79 Å². The molecule has 0 saturated carbocycles. The Morgan fingerprint density at radius 2 is 2.33 bits per heavy atom. The molecule has 0 aliphatic carbocycles. The van der Waals surface area contributed by atoms with E-state index < -0.39 is 0 Å². The van der Waals surface area contributed by atoms with E-state index in [-0.39, 0.29) is 11.9 Å². The summed E-state index contributed by atoms with van der Waals surface area (Å²) in [7, 11) is 0. The van der Waals surface area contributed by atoms with Crippen LogP contribution in [0.2, 0.25) is 0 Å². The van der Waals surface area contributed by atoms with Crippen LogP contribution in [0.3, 0.4) is 0 Å². The molecule has 1 heterocycles. The number of rotatable bonds is 5. The van der Waals surface area contributed by atoms with E-state index in [1.165, 1.54) is 11.3 Å². The summed E-state index contributed by atoms with van der Waals surface area (Å²) in [5.41, 5.74) is 0. The second-order valence-electron chi connectivity index (χ2n) is 3.47. The molecule has 0 amide bonds. The third kappa shape index (κ3) is 4.25. The zero-order valence-corrected chi connectivity index (χ0v) is 10.0. The number of hydrogen-bond donors (Lipinski definition) is 0. The Balaban J connectivity index is 2.44. The lowest BCUT2D eigenvalue weighted by Crippen LogP contribution is -1.96. The summed E-state index contributed by atoms with van der Waals surface area (Å²) in [6.45, 7) is 5.43. The molecule has 4 heteroatoms. The van der Waals surface area contributed by atoms with E-state index in [4.69, 9.17) is 4.84 Å². The van der Waals surface area contributed by atoms with Gasteiger partial charge < -0.3 is 4.84 Å². The summed E-state index contributed by atoms with van der Waals surface area (Å²) < 4.78 is 0. The second-order valence-corrected chi connectivity index (χ2v) is 4.64. The Kier molecular flexibility index (Phi) is 4.49. The molecule has 0 radical (unpaired) electrons. The van der Waals surface area contributed by atoms with Crippen LogP contribution >= 0.6 is 11.3 Å². The van der Waals surface area contributed by atoms with E-state index in [0.717, 1.165) is 9.75 Å². The number of nitrogens with zero attached hydrogens (tertiary/aromatic N) is 1. The number of carbonyl (C=O) groups excluding carboxylic acids is 1. The van der Waals surface area contributed by atoms with Gasteiger partial charge >= 0.3 is 0 Å². The van der Waals surface area contributed by atoms with Gasteiger partial charge in [0, 0.05) is 17.5 Å². The van der Waals surface area contributed by atoms with Gasteiger partial charge in [-0.1, -0.05) is 5.16 Å². The Morgan fingerprint density at radius 3 is 2.87 bits per heavy atom. The van der Waals surface area contributed by atoms with Crippen molar-refractivity contribution in [1.29, 1.82) is 0 Å². The molecule has 0 spiro atoms. The number of carbonyl (C=O) groups is 1. The lowest BCUT2D eigenvalue weighted by atomic mass is 10.3. The van der Waals surface area contributed by atoms with Gasteiger partial charge in [0.25, 0.3) is 0 Å². The fourth-order valence-electron chi connectivity index (χ4n) is 0.969. The zero-order chi connectivity index (χ0) is 11.3. The van der Waals surface area contributed by atoms with Crippen molar-refractivity contribution in [2.45, 2.75) is 33.3 Å². The van der Waals surface area contributed by atoms with Crippen molar-refractivity contribution in [2.24, 2.45) is 5.16 Å². The monoisotopic (exact) mass is 225 g/mol. The van der Waals surface area contributed by atoms with Gasteiger partial charge in [-0.2, -0.15) is 0 Å². The van der Waals surface area contributed by atoms with E-state index in [2.05, 4.69) is 5.16 Å². The average molecular weight is 225 g/mol. The van der Waals surface area contributed by atoms with Gasteiger partial charge in [0.15, 0.2) is 5.78 Å². The van der Waals surface area contributed by atoms with E-state index in [1.54, 1.807) is 13.1 Å². The lowest BCUT2D eigenvalue weighted by Gasteiger charge is -1.99. The molecule has 1 aromatic rings. The number of thiophene rings is 1. The third-order valence-electron chi connectivity index (χ3n) is 1.65. The van der Waals surface area contributed by atoms with Gasteiger partial charge in [0.1, 0.15) is 6.10 Å². The summed E-state index contributed by atoms with van der Waals surface area (Å²) in [6.07, 6.45) is 2.54. The number of Topliss-reactive ketones (excluding diaryl/α,β-unsaturated/α-hetero) is 1. The number of oxime groups is 1. The Hall–Kier alpha value is -1.16. The minimum Gasteiger partial charge on any atom is -0.393 e. The first kappa shape index (κ1) is 11.9. The highest BCUT2D eigenvalue weighted by Crippen LogP contribution is 2.16. The lowest BCUT2D eigenvalue weighted by molar-refractivity contribution is 0.0869. The quantitative estimate of drug-likeness (QED) is 0.439. The van der Waals surface area contributed by atoms with Crippen LogP contribution in [0.15, 0.2) is 17.3 Å². The highest BCUT2D eigenvalue weighted by molar-refractivity contribution is 7.14. The molecule has 1 aromatic heterocycles. The smallest absolute Gasteiger partial charge is 0.169 e. The average Bonchev–Trinajstić information content (AvgIpc) is 2.60. The molecule has 0 aromatic carbocycles. The Labute approximate surface area is 93.8 Å². The SMILES string of the molecule is CC(=O)c1ccc(CC=NOC(C)C)s1. The normalized spacial score (nSPS) is 11.2. The molecular formula is C11H15NO2S. The summed E-state index contributed by atoms with van der Waals surface area (Å²) in [6, 6.07) is 3.79. The summed E-state index contributed by atoms with van der Waals surface area (Å²) in [4.78, 5) is 18.0. The van der Waals surface area contributed by atoms with Crippen molar-refractivity contribution in [3.05, 3.63) is 21.9 Å². The van der Waals surface area contributed by atoms with Crippen LogP contribution in [0.4, 0.5) is 0 Å². The minimum absolute atomic E-state index is 0.109. The first-order chi connectivity index (χ1) is 7.09. The van der Waals surface area contributed by atoms with Gasteiger partial charge in [-0.25, -0.2) is 0 Å². The maximum atomic E-state index is 11.0. The summed E-state index contributed by atoms with van der Waals surface area (Å²) in [5.74, 6) is 0.113. The fraction of sp³-hybridized carbons (Fsp3) is 0.455. The molecule has 3 nitrogen and oxygen atoms in total. The van der Waals surface area contributed by atoms with Crippen LogP contribution in [0.5, 0.6) is 0 Å². The maximum Gasteiger partial charge on any atom is 0.169 e. The molecule has 0 bridgehead atoms.